The van der Waals surface area contributed by atoms with Crippen LogP contribution in [0.2, 0.25) is 0 Å². The second-order valence-electron chi connectivity index (χ2n) is 6.00. The van der Waals surface area contributed by atoms with Gasteiger partial charge in [-0.3, -0.25) is 35.3 Å². The molecule has 0 aromatic heterocycles. The molecule has 0 saturated heterocycles. The van der Waals surface area contributed by atoms with Crippen molar-refractivity contribution in [3.8, 4) is 0 Å². The molecule has 3 aromatic carbocycles. The summed E-state index contributed by atoms with van der Waals surface area (Å²) in [5, 5.41) is 35.8. The second-order valence-corrected chi connectivity index (χ2v) is 6.00. The molecule has 1 N–H and O–H groups in total. The molecule has 0 radical (unpaired) electrons. The van der Waals surface area contributed by atoms with E-state index in [1.165, 1.54) is 30.5 Å². The lowest BCUT2D eigenvalue weighted by Crippen LogP contribution is -1.98. The van der Waals surface area contributed by atoms with Crippen molar-refractivity contribution in [2.45, 2.75) is 0 Å². The first-order chi connectivity index (χ1) is 14.3. The molecule has 0 heterocycles. The lowest BCUT2D eigenvalue weighted by Gasteiger charge is -2.07. The molecule has 0 bridgehead atoms. The highest BCUT2D eigenvalue weighted by molar-refractivity contribution is 5.83. The fraction of sp³-hybridized carbons (Fsp3) is 0. The summed E-state index contributed by atoms with van der Waals surface area (Å²) in [7, 11) is 0. The van der Waals surface area contributed by atoms with Gasteiger partial charge >= 0.3 is 0 Å². The van der Waals surface area contributed by atoms with E-state index < -0.39 is 20.5 Å². The van der Waals surface area contributed by atoms with Gasteiger partial charge in [-0.25, -0.2) is 0 Å². The molecular formula is C19H13N5O6. The summed E-state index contributed by atoms with van der Waals surface area (Å²) in [6.07, 6.45) is 1.46. The van der Waals surface area contributed by atoms with Crippen LogP contribution in [0.5, 0.6) is 0 Å². The minimum Gasteiger partial charge on any atom is -0.350 e. The molecule has 0 aliphatic heterocycles. The number of hydrogen-bond acceptors (Lipinski definition) is 8. The maximum absolute atomic E-state index is 11.3. The Morgan fingerprint density at radius 2 is 1.47 bits per heavy atom. The third-order valence-electron chi connectivity index (χ3n) is 3.96. The predicted octanol–water partition coefficient (Wildman–Crippen LogP) is 4.91. The molecule has 0 atom stereocenters. The quantitative estimate of drug-likeness (QED) is 0.331. The highest BCUT2D eigenvalue weighted by Crippen LogP contribution is 2.32. The van der Waals surface area contributed by atoms with Gasteiger partial charge in [-0.2, -0.15) is 0 Å². The van der Waals surface area contributed by atoms with Crippen LogP contribution in [-0.4, -0.2) is 21.0 Å². The SMILES string of the molecule is O=[N+]([O-])c1cccc(C=Nc2cccc(Nc3ccc([N+](=O)[O-])cc3[N+](=O)[O-])c2)c1. The van der Waals surface area contributed by atoms with Gasteiger partial charge in [0.25, 0.3) is 17.1 Å². The van der Waals surface area contributed by atoms with Crippen molar-refractivity contribution >= 4 is 40.3 Å². The third-order valence-corrected chi connectivity index (χ3v) is 3.96. The molecule has 0 spiro atoms. The molecule has 0 unspecified atom stereocenters. The minimum absolute atomic E-state index is 0.0557. The van der Waals surface area contributed by atoms with Crippen LogP contribution in [0.3, 0.4) is 0 Å². The van der Waals surface area contributed by atoms with Crippen LogP contribution in [0.4, 0.5) is 34.1 Å². The highest BCUT2D eigenvalue weighted by atomic mass is 16.6. The topological polar surface area (TPSA) is 154 Å². The number of nitrogens with zero attached hydrogens (tertiary/aromatic N) is 4. The van der Waals surface area contributed by atoms with Crippen molar-refractivity contribution < 1.29 is 14.8 Å². The van der Waals surface area contributed by atoms with E-state index >= 15 is 0 Å². The number of nitro benzene ring substituents is 3. The van der Waals surface area contributed by atoms with E-state index in [1.54, 1.807) is 36.4 Å². The number of hydrogen-bond donors (Lipinski definition) is 1. The molecule has 0 aliphatic rings. The van der Waals surface area contributed by atoms with E-state index in [2.05, 4.69) is 10.3 Å². The van der Waals surface area contributed by atoms with Gasteiger partial charge in [-0.1, -0.05) is 18.2 Å². The number of non-ortho nitro benzene ring substituents is 2. The summed E-state index contributed by atoms with van der Waals surface area (Å²) < 4.78 is 0. The summed E-state index contributed by atoms with van der Waals surface area (Å²) in [5.41, 5.74) is 0.716. The van der Waals surface area contributed by atoms with Crippen LogP contribution in [0.1, 0.15) is 5.56 Å². The summed E-state index contributed by atoms with van der Waals surface area (Å²) in [5.74, 6) is 0. The van der Waals surface area contributed by atoms with Gasteiger partial charge in [0, 0.05) is 30.1 Å². The molecule has 0 saturated carbocycles. The monoisotopic (exact) mass is 407 g/mol. The van der Waals surface area contributed by atoms with Crippen LogP contribution in [0, 0.1) is 30.3 Å². The predicted molar refractivity (Wildman–Crippen MR) is 110 cm³/mol. The fourth-order valence-electron chi connectivity index (χ4n) is 2.58. The Morgan fingerprint density at radius 1 is 0.767 bits per heavy atom. The van der Waals surface area contributed by atoms with Crippen LogP contribution in [-0.2, 0) is 0 Å². The molecular weight excluding hydrogens is 394 g/mol. The van der Waals surface area contributed by atoms with E-state index in [4.69, 9.17) is 0 Å². The Bertz CT molecular complexity index is 1180. The average Bonchev–Trinajstić information content (AvgIpc) is 2.72. The van der Waals surface area contributed by atoms with Crippen LogP contribution >= 0.6 is 0 Å². The van der Waals surface area contributed by atoms with Crippen molar-refractivity contribution in [3.63, 3.8) is 0 Å². The van der Waals surface area contributed by atoms with Crippen molar-refractivity contribution in [2.24, 2.45) is 4.99 Å². The van der Waals surface area contributed by atoms with Crippen molar-refractivity contribution in [3.05, 3.63) is 103 Å². The largest absolute Gasteiger partial charge is 0.350 e. The molecule has 3 rings (SSSR count). The Balaban J connectivity index is 1.84. The van der Waals surface area contributed by atoms with E-state index in [0.717, 1.165) is 6.07 Å². The van der Waals surface area contributed by atoms with Crippen LogP contribution in [0.25, 0.3) is 0 Å². The first-order valence-electron chi connectivity index (χ1n) is 8.42. The Morgan fingerprint density at radius 3 is 2.17 bits per heavy atom. The summed E-state index contributed by atoms with van der Waals surface area (Å²) in [4.78, 5) is 35.3. The van der Waals surface area contributed by atoms with Crippen LogP contribution in [0.15, 0.2) is 71.7 Å². The summed E-state index contributed by atoms with van der Waals surface area (Å²) in [6.45, 7) is 0. The first kappa shape index (κ1) is 20.1. The number of nitrogens with one attached hydrogen (secondary N) is 1. The van der Waals surface area contributed by atoms with E-state index in [1.807, 2.05) is 0 Å². The highest BCUT2D eigenvalue weighted by Gasteiger charge is 2.19. The maximum Gasteiger partial charge on any atom is 0.299 e. The average molecular weight is 407 g/mol. The zero-order chi connectivity index (χ0) is 21.7. The Labute approximate surface area is 168 Å². The van der Waals surface area contributed by atoms with Gasteiger partial charge in [-0.05, 0) is 29.8 Å². The van der Waals surface area contributed by atoms with Gasteiger partial charge in [0.2, 0.25) is 0 Å². The van der Waals surface area contributed by atoms with Gasteiger partial charge < -0.3 is 5.32 Å². The molecule has 0 aliphatic carbocycles. The second kappa shape index (κ2) is 8.56. The lowest BCUT2D eigenvalue weighted by atomic mass is 10.2. The molecule has 3 aromatic rings. The van der Waals surface area contributed by atoms with E-state index in [0.29, 0.717) is 16.9 Å². The standard InChI is InChI=1S/C19H13N5O6/c25-22(26)16-6-1-3-13(9-16)12-20-14-4-2-5-15(10-14)21-18-8-7-17(23(27)28)11-19(18)24(29)30/h1-12,21H. The number of anilines is 2. The number of aliphatic imine (C=N–C) groups is 1. The third kappa shape index (κ3) is 4.78. The van der Waals surface area contributed by atoms with Crippen molar-refractivity contribution in [1.82, 2.24) is 0 Å². The molecule has 30 heavy (non-hydrogen) atoms. The van der Waals surface area contributed by atoms with Gasteiger partial charge in [-0.15, -0.1) is 0 Å². The van der Waals surface area contributed by atoms with Crippen molar-refractivity contribution in [2.75, 3.05) is 5.32 Å². The summed E-state index contributed by atoms with van der Waals surface area (Å²) in [6, 6.07) is 15.9. The summed E-state index contributed by atoms with van der Waals surface area (Å²) >= 11 is 0. The lowest BCUT2D eigenvalue weighted by molar-refractivity contribution is -0.393. The zero-order valence-electron chi connectivity index (χ0n) is 15.2. The van der Waals surface area contributed by atoms with Gasteiger partial charge in [0.1, 0.15) is 5.69 Å². The minimum atomic E-state index is -0.709. The number of rotatable bonds is 7. The Kier molecular flexibility index (Phi) is 5.73. The zero-order valence-corrected chi connectivity index (χ0v) is 15.2. The maximum atomic E-state index is 11.3. The van der Waals surface area contributed by atoms with E-state index in [9.17, 15) is 30.3 Å². The molecule has 0 fully saturated rings. The Hall–Kier alpha value is -4.67. The normalized spacial score (nSPS) is 10.7. The molecule has 11 nitrogen and oxygen atoms in total. The first-order valence-corrected chi connectivity index (χ1v) is 8.42. The smallest absolute Gasteiger partial charge is 0.299 e. The van der Waals surface area contributed by atoms with Gasteiger partial charge in [0.15, 0.2) is 0 Å². The van der Waals surface area contributed by atoms with Gasteiger partial charge in [0.05, 0.1) is 26.5 Å². The van der Waals surface area contributed by atoms with Crippen LogP contribution < -0.4 is 5.32 Å². The van der Waals surface area contributed by atoms with E-state index in [-0.39, 0.29) is 17.1 Å². The van der Waals surface area contributed by atoms with Crippen molar-refractivity contribution in [1.29, 1.82) is 0 Å². The molecule has 150 valence electrons. The fourth-order valence-corrected chi connectivity index (χ4v) is 2.58. The molecule has 0 amide bonds. The number of benzene rings is 3. The molecule has 11 heteroatoms. The number of nitro groups is 3.